The number of aliphatic hydroxyl groups excluding tert-OH is 1. The van der Waals surface area contributed by atoms with Crippen molar-refractivity contribution in [3.63, 3.8) is 0 Å². The molecule has 1 heterocycles. The number of methoxy groups -OCH3 is 1. The average Bonchev–Trinajstić information content (AvgIpc) is 2.71. The summed E-state index contributed by atoms with van der Waals surface area (Å²) in [4.78, 5) is 0. The van der Waals surface area contributed by atoms with E-state index in [0.717, 1.165) is 5.56 Å². The molecule has 0 bridgehead atoms. The molecule has 4 heteroatoms. The number of benzene rings is 1. The van der Waals surface area contributed by atoms with Crippen LogP contribution in [0.15, 0.2) is 30.3 Å². The van der Waals surface area contributed by atoms with Crippen molar-refractivity contribution >= 4 is 0 Å². The van der Waals surface area contributed by atoms with Crippen LogP contribution in [0.5, 0.6) is 0 Å². The van der Waals surface area contributed by atoms with E-state index >= 15 is 0 Å². The first kappa shape index (κ1) is 12.5. The molecule has 94 valence electrons. The maximum Gasteiger partial charge on any atom is 0.183 e. The molecular weight excluding hydrogens is 220 g/mol. The Hall–Kier alpha value is -0.940. The highest BCUT2D eigenvalue weighted by molar-refractivity contribution is 5.13. The molecule has 1 aliphatic heterocycles. The zero-order valence-electron chi connectivity index (χ0n) is 9.91. The first-order chi connectivity index (χ1) is 8.29. The van der Waals surface area contributed by atoms with Gasteiger partial charge in [0, 0.05) is 13.5 Å². The summed E-state index contributed by atoms with van der Waals surface area (Å²) in [5, 5.41) is 9.57. The Morgan fingerprint density at radius 2 is 2.12 bits per heavy atom. The van der Waals surface area contributed by atoms with Gasteiger partial charge < -0.3 is 19.3 Å². The summed E-state index contributed by atoms with van der Waals surface area (Å²) in [6.07, 6.45) is -0.586. The number of hydrogen-bond donors (Lipinski definition) is 1. The standard InChI is InChI=1S/C13H18O4/c1-15-13-12(14)7-11(17-13)9-16-8-10-5-3-2-4-6-10/h2-6,11-14H,7-9H2,1H3. The molecule has 0 saturated carbocycles. The zero-order chi connectivity index (χ0) is 12.1. The van der Waals surface area contributed by atoms with Crippen molar-refractivity contribution in [2.45, 2.75) is 31.5 Å². The van der Waals surface area contributed by atoms with Crippen LogP contribution < -0.4 is 0 Å². The largest absolute Gasteiger partial charge is 0.388 e. The van der Waals surface area contributed by atoms with Crippen LogP contribution in [0.2, 0.25) is 0 Å². The van der Waals surface area contributed by atoms with Gasteiger partial charge in [-0.1, -0.05) is 30.3 Å². The molecule has 17 heavy (non-hydrogen) atoms. The maximum absolute atomic E-state index is 9.57. The fourth-order valence-electron chi connectivity index (χ4n) is 1.92. The summed E-state index contributed by atoms with van der Waals surface area (Å²) in [6, 6.07) is 9.97. The predicted octanol–water partition coefficient (Wildman–Crippen LogP) is 1.33. The van der Waals surface area contributed by atoms with E-state index in [1.54, 1.807) is 0 Å². The predicted molar refractivity (Wildman–Crippen MR) is 62.4 cm³/mol. The minimum atomic E-state index is -0.551. The van der Waals surface area contributed by atoms with Gasteiger partial charge >= 0.3 is 0 Å². The molecule has 1 fully saturated rings. The minimum absolute atomic E-state index is 0.0846. The highest BCUT2D eigenvalue weighted by atomic mass is 16.7. The molecule has 1 aromatic rings. The van der Waals surface area contributed by atoms with Gasteiger partial charge in [-0.05, 0) is 5.56 Å². The highest BCUT2D eigenvalue weighted by Crippen LogP contribution is 2.21. The Morgan fingerprint density at radius 3 is 2.76 bits per heavy atom. The lowest BCUT2D eigenvalue weighted by Crippen LogP contribution is -2.22. The van der Waals surface area contributed by atoms with Gasteiger partial charge in [0.15, 0.2) is 6.29 Å². The normalized spacial score (nSPS) is 28.5. The molecule has 1 N–H and O–H groups in total. The van der Waals surface area contributed by atoms with Crippen molar-refractivity contribution in [2.75, 3.05) is 13.7 Å². The van der Waals surface area contributed by atoms with Crippen LogP contribution in [0, 0.1) is 0 Å². The Morgan fingerprint density at radius 1 is 1.35 bits per heavy atom. The molecule has 3 atom stereocenters. The van der Waals surface area contributed by atoms with E-state index in [1.165, 1.54) is 7.11 Å². The zero-order valence-corrected chi connectivity index (χ0v) is 9.91. The lowest BCUT2D eigenvalue weighted by atomic mass is 10.2. The Labute approximate surface area is 101 Å². The molecular formula is C13H18O4. The van der Waals surface area contributed by atoms with E-state index in [9.17, 15) is 5.11 Å². The van der Waals surface area contributed by atoms with Crippen molar-refractivity contribution in [3.8, 4) is 0 Å². The van der Waals surface area contributed by atoms with Gasteiger partial charge in [0.25, 0.3) is 0 Å². The Bertz CT molecular complexity index is 327. The first-order valence-corrected chi connectivity index (χ1v) is 5.77. The topological polar surface area (TPSA) is 47.9 Å². The van der Waals surface area contributed by atoms with Crippen molar-refractivity contribution < 1.29 is 19.3 Å². The second kappa shape index (κ2) is 6.12. The molecule has 0 aliphatic carbocycles. The minimum Gasteiger partial charge on any atom is -0.388 e. The third-order valence-electron chi connectivity index (χ3n) is 2.79. The molecule has 0 amide bonds. The van der Waals surface area contributed by atoms with E-state index < -0.39 is 12.4 Å². The monoisotopic (exact) mass is 238 g/mol. The molecule has 1 aromatic carbocycles. The molecule has 4 nitrogen and oxygen atoms in total. The molecule has 0 spiro atoms. The summed E-state index contributed by atoms with van der Waals surface area (Å²) < 4.78 is 16.0. The van der Waals surface area contributed by atoms with Crippen LogP contribution in [0.1, 0.15) is 12.0 Å². The van der Waals surface area contributed by atoms with E-state index in [0.29, 0.717) is 19.6 Å². The average molecular weight is 238 g/mol. The first-order valence-electron chi connectivity index (χ1n) is 5.77. The van der Waals surface area contributed by atoms with Crippen molar-refractivity contribution in [1.82, 2.24) is 0 Å². The van der Waals surface area contributed by atoms with Gasteiger partial charge in [-0.15, -0.1) is 0 Å². The van der Waals surface area contributed by atoms with Crippen LogP contribution in [0.3, 0.4) is 0 Å². The fraction of sp³-hybridized carbons (Fsp3) is 0.538. The van der Waals surface area contributed by atoms with E-state index in [-0.39, 0.29) is 6.10 Å². The maximum atomic E-state index is 9.57. The summed E-state index contributed by atoms with van der Waals surface area (Å²) in [5.74, 6) is 0. The number of rotatable bonds is 5. The third-order valence-corrected chi connectivity index (χ3v) is 2.79. The van der Waals surface area contributed by atoms with Crippen LogP contribution in [-0.4, -0.2) is 37.3 Å². The Kier molecular flexibility index (Phi) is 4.50. The van der Waals surface area contributed by atoms with Crippen molar-refractivity contribution in [3.05, 3.63) is 35.9 Å². The molecule has 2 rings (SSSR count). The molecule has 0 radical (unpaired) electrons. The van der Waals surface area contributed by atoms with Crippen LogP contribution in [-0.2, 0) is 20.8 Å². The summed E-state index contributed by atoms with van der Waals surface area (Å²) in [5.41, 5.74) is 1.13. The second-order valence-corrected chi connectivity index (χ2v) is 4.17. The van der Waals surface area contributed by atoms with Gasteiger partial charge in [0.1, 0.15) is 6.10 Å². The highest BCUT2D eigenvalue weighted by Gasteiger charge is 2.33. The van der Waals surface area contributed by atoms with Crippen LogP contribution in [0.25, 0.3) is 0 Å². The van der Waals surface area contributed by atoms with E-state index in [4.69, 9.17) is 14.2 Å². The van der Waals surface area contributed by atoms with Crippen LogP contribution in [0.4, 0.5) is 0 Å². The molecule has 3 unspecified atom stereocenters. The fourth-order valence-corrected chi connectivity index (χ4v) is 1.92. The third kappa shape index (κ3) is 3.51. The van der Waals surface area contributed by atoms with Gasteiger partial charge in [0.05, 0.1) is 19.3 Å². The van der Waals surface area contributed by atoms with Crippen molar-refractivity contribution in [2.24, 2.45) is 0 Å². The molecule has 1 aliphatic rings. The number of hydrogen-bond acceptors (Lipinski definition) is 4. The molecule has 0 aromatic heterocycles. The van der Waals surface area contributed by atoms with E-state index in [2.05, 4.69) is 0 Å². The van der Waals surface area contributed by atoms with Gasteiger partial charge in [-0.2, -0.15) is 0 Å². The lowest BCUT2D eigenvalue weighted by molar-refractivity contribution is -0.156. The second-order valence-electron chi connectivity index (χ2n) is 4.17. The Balaban J connectivity index is 1.70. The van der Waals surface area contributed by atoms with Gasteiger partial charge in [-0.3, -0.25) is 0 Å². The van der Waals surface area contributed by atoms with Crippen LogP contribution >= 0.6 is 0 Å². The van der Waals surface area contributed by atoms with Gasteiger partial charge in [-0.25, -0.2) is 0 Å². The number of ether oxygens (including phenoxy) is 3. The summed E-state index contributed by atoms with van der Waals surface area (Å²) >= 11 is 0. The smallest absolute Gasteiger partial charge is 0.183 e. The lowest BCUT2D eigenvalue weighted by Gasteiger charge is -2.13. The van der Waals surface area contributed by atoms with Gasteiger partial charge in [0.2, 0.25) is 0 Å². The SMILES string of the molecule is COC1OC(COCc2ccccc2)CC1O. The summed E-state index contributed by atoms with van der Waals surface area (Å²) in [6.45, 7) is 1.04. The quantitative estimate of drug-likeness (QED) is 0.840. The summed E-state index contributed by atoms with van der Waals surface area (Å²) in [7, 11) is 1.53. The molecule has 1 saturated heterocycles. The van der Waals surface area contributed by atoms with E-state index in [1.807, 2.05) is 30.3 Å². The van der Waals surface area contributed by atoms with Crippen molar-refractivity contribution in [1.29, 1.82) is 0 Å². The number of aliphatic hydroxyl groups is 1.